The van der Waals surface area contributed by atoms with Gasteiger partial charge in [0, 0.05) is 11.6 Å². The number of amides is 1. The fraction of sp³-hybridized carbons (Fsp3) is 0.562. The molecule has 1 aromatic rings. The lowest BCUT2D eigenvalue weighted by Crippen LogP contribution is -2.46. The molecule has 2 aliphatic rings. The van der Waals surface area contributed by atoms with Gasteiger partial charge in [-0.05, 0) is 67.7 Å². The van der Waals surface area contributed by atoms with Crippen molar-refractivity contribution in [1.82, 2.24) is 5.32 Å². The first-order chi connectivity index (χ1) is 10.3. The molecule has 0 aliphatic heterocycles. The van der Waals surface area contributed by atoms with Crippen LogP contribution in [-0.4, -0.2) is 26.1 Å². The maximum Gasteiger partial charge on any atom is 0.251 e. The van der Waals surface area contributed by atoms with Crippen molar-refractivity contribution < 1.29 is 13.2 Å². The zero-order valence-corrected chi connectivity index (χ0v) is 13.6. The van der Waals surface area contributed by atoms with Crippen LogP contribution in [0.1, 0.15) is 46.3 Å². The second-order valence-electron chi connectivity index (χ2n) is 6.57. The molecule has 0 unspecified atom stereocenters. The van der Waals surface area contributed by atoms with Crippen molar-refractivity contribution in [2.24, 2.45) is 11.1 Å². The molecule has 0 heterocycles. The van der Waals surface area contributed by atoms with E-state index in [1.165, 1.54) is 17.5 Å². The number of carbonyl (C=O) groups is 1. The number of aryl methyl sites for hydroxylation is 1. The third kappa shape index (κ3) is 3.17. The summed E-state index contributed by atoms with van der Waals surface area (Å²) in [6.07, 6.45) is 4.70. The lowest BCUT2D eigenvalue weighted by atomic mass is 9.81. The summed E-state index contributed by atoms with van der Waals surface area (Å²) in [4.78, 5) is 12.4. The highest BCUT2D eigenvalue weighted by molar-refractivity contribution is 7.89. The smallest absolute Gasteiger partial charge is 0.251 e. The summed E-state index contributed by atoms with van der Waals surface area (Å²) in [6.45, 7) is 2.02. The number of benzene rings is 1. The van der Waals surface area contributed by atoms with E-state index >= 15 is 0 Å². The molecule has 5 nitrogen and oxygen atoms in total. The molecule has 6 heteroatoms. The number of rotatable bonds is 4. The van der Waals surface area contributed by atoms with Crippen molar-refractivity contribution >= 4 is 15.9 Å². The van der Waals surface area contributed by atoms with Crippen LogP contribution in [0.3, 0.4) is 0 Å². The van der Waals surface area contributed by atoms with Crippen molar-refractivity contribution in [2.45, 2.75) is 45.1 Å². The molecule has 2 aliphatic carbocycles. The van der Waals surface area contributed by atoms with Gasteiger partial charge in [-0.2, -0.15) is 0 Å². The molecular formula is C16H22N2O3S. The van der Waals surface area contributed by atoms with Crippen LogP contribution < -0.4 is 10.5 Å². The van der Waals surface area contributed by atoms with Crippen molar-refractivity contribution in [2.75, 3.05) is 5.75 Å². The third-order valence-electron chi connectivity index (χ3n) is 4.85. The van der Waals surface area contributed by atoms with Gasteiger partial charge in [0.25, 0.3) is 5.91 Å². The van der Waals surface area contributed by atoms with E-state index in [-0.39, 0.29) is 23.6 Å². The van der Waals surface area contributed by atoms with Gasteiger partial charge in [0.1, 0.15) is 0 Å². The monoisotopic (exact) mass is 322 g/mol. The summed E-state index contributed by atoms with van der Waals surface area (Å²) in [6, 6.07) is 4.04. The van der Waals surface area contributed by atoms with Gasteiger partial charge in [-0.25, -0.2) is 13.6 Å². The second kappa shape index (κ2) is 5.66. The fourth-order valence-electron chi connectivity index (χ4n) is 3.68. The van der Waals surface area contributed by atoms with Crippen LogP contribution in [-0.2, 0) is 22.9 Å². The van der Waals surface area contributed by atoms with Gasteiger partial charge < -0.3 is 5.32 Å². The Morgan fingerprint density at radius 3 is 2.73 bits per heavy atom. The van der Waals surface area contributed by atoms with Crippen LogP contribution in [0.4, 0.5) is 0 Å². The first-order valence-electron chi connectivity index (χ1n) is 7.76. The molecule has 1 fully saturated rings. The molecule has 3 N–H and O–H groups in total. The Morgan fingerprint density at radius 1 is 1.32 bits per heavy atom. The van der Waals surface area contributed by atoms with Crippen LogP contribution in [0.15, 0.2) is 12.1 Å². The van der Waals surface area contributed by atoms with E-state index in [4.69, 9.17) is 5.14 Å². The predicted molar refractivity (Wildman–Crippen MR) is 85.2 cm³/mol. The number of hydrogen-bond donors (Lipinski definition) is 2. The zero-order chi connectivity index (χ0) is 15.9. The first-order valence-corrected chi connectivity index (χ1v) is 9.47. The average molecular weight is 322 g/mol. The van der Waals surface area contributed by atoms with Crippen LogP contribution >= 0.6 is 0 Å². The lowest BCUT2D eigenvalue weighted by Gasteiger charge is -2.35. The number of fused-ring (bicyclic) bond motifs is 1. The summed E-state index contributed by atoms with van der Waals surface area (Å²) in [7, 11) is -3.41. The molecule has 22 heavy (non-hydrogen) atoms. The highest BCUT2D eigenvalue weighted by atomic mass is 32.2. The maximum atomic E-state index is 12.4. The summed E-state index contributed by atoms with van der Waals surface area (Å²) < 4.78 is 22.1. The van der Waals surface area contributed by atoms with Crippen LogP contribution in [0, 0.1) is 12.8 Å². The minimum atomic E-state index is -3.41. The molecule has 3 rings (SSSR count). The predicted octanol–water partition coefficient (Wildman–Crippen LogP) is 1.28. The Hall–Kier alpha value is -1.40. The number of primary sulfonamides is 1. The Morgan fingerprint density at radius 2 is 2.05 bits per heavy atom. The Balaban J connectivity index is 1.60. The minimum Gasteiger partial charge on any atom is -0.349 e. The number of sulfonamides is 1. The largest absolute Gasteiger partial charge is 0.349 e. The molecular weight excluding hydrogens is 300 g/mol. The summed E-state index contributed by atoms with van der Waals surface area (Å²) in [5.41, 5.74) is 4.53. The number of nitrogens with two attached hydrogens (primary N) is 1. The van der Waals surface area contributed by atoms with E-state index in [9.17, 15) is 13.2 Å². The van der Waals surface area contributed by atoms with Crippen LogP contribution in [0.5, 0.6) is 0 Å². The number of nitrogens with one attached hydrogen (secondary N) is 1. The van der Waals surface area contributed by atoms with E-state index in [2.05, 4.69) is 11.4 Å². The third-order valence-corrected chi connectivity index (χ3v) is 5.79. The average Bonchev–Trinajstić information content (AvgIpc) is 2.84. The SMILES string of the molecule is Cc1c(C(=O)NC2CC(CS(N)(=O)=O)C2)ccc2c1CCC2. The summed E-state index contributed by atoms with van der Waals surface area (Å²) in [5, 5.41) is 8.05. The molecule has 1 amide bonds. The molecule has 0 atom stereocenters. The molecule has 0 aromatic heterocycles. The summed E-state index contributed by atoms with van der Waals surface area (Å²) >= 11 is 0. The van der Waals surface area contributed by atoms with E-state index in [1.807, 2.05) is 13.0 Å². The molecule has 120 valence electrons. The standard InChI is InChI=1S/C16H22N2O3S/c1-10-14-4-2-3-12(14)5-6-15(10)16(19)18-13-7-11(8-13)9-22(17,20)21/h5-6,11,13H,2-4,7-9H2,1H3,(H,18,19)(H2,17,20,21). The maximum absolute atomic E-state index is 12.4. The number of hydrogen-bond acceptors (Lipinski definition) is 3. The Kier molecular flexibility index (Phi) is 3.99. The topological polar surface area (TPSA) is 89.3 Å². The van der Waals surface area contributed by atoms with Gasteiger partial charge in [0.05, 0.1) is 5.75 Å². The van der Waals surface area contributed by atoms with Crippen molar-refractivity contribution in [3.8, 4) is 0 Å². The minimum absolute atomic E-state index is 0.0112. The van der Waals surface area contributed by atoms with E-state index in [0.29, 0.717) is 12.8 Å². The van der Waals surface area contributed by atoms with Crippen molar-refractivity contribution in [3.63, 3.8) is 0 Å². The first kappa shape index (κ1) is 15.5. The zero-order valence-electron chi connectivity index (χ0n) is 12.8. The van der Waals surface area contributed by atoms with Gasteiger partial charge >= 0.3 is 0 Å². The lowest BCUT2D eigenvalue weighted by molar-refractivity contribution is 0.0896. The van der Waals surface area contributed by atoms with Crippen LogP contribution in [0.2, 0.25) is 0 Å². The van der Waals surface area contributed by atoms with E-state index in [1.54, 1.807) is 0 Å². The molecule has 1 aromatic carbocycles. The van der Waals surface area contributed by atoms with Crippen molar-refractivity contribution in [1.29, 1.82) is 0 Å². The van der Waals surface area contributed by atoms with E-state index < -0.39 is 10.0 Å². The highest BCUT2D eigenvalue weighted by Gasteiger charge is 2.33. The molecule has 1 saturated carbocycles. The van der Waals surface area contributed by atoms with E-state index in [0.717, 1.165) is 24.0 Å². The van der Waals surface area contributed by atoms with Crippen LogP contribution in [0.25, 0.3) is 0 Å². The quantitative estimate of drug-likeness (QED) is 0.875. The van der Waals surface area contributed by atoms with Crippen molar-refractivity contribution in [3.05, 3.63) is 34.4 Å². The normalized spacial score (nSPS) is 23.7. The second-order valence-corrected chi connectivity index (χ2v) is 8.23. The molecule has 0 spiro atoms. The number of carbonyl (C=O) groups excluding carboxylic acids is 1. The summed E-state index contributed by atoms with van der Waals surface area (Å²) in [5.74, 6) is 0.0321. The molecule has 0 radical (unpaired) electrons. The molecule has 0 saturated heterocycles. The van der Waals surface area contributed by atoms with Gasteiger partial charge in [0.2, 0.25) is 10.0 Å². The van der Waals surface area contributed by atoms with Gasteiger partial charge in [0.15, 0.2) is 0 Å². The Labute approximate surface area is 131 Å². The van der Waals surface area contributed by atoms with Gasteiger partial charge in [-0.3, -0.25) is 4.79 Å². The van der Waals surface area contributed by atoms with Gasteiger partial charge in [-0.1, -0.05) is 6.07 Å². The molecule has 0 bridgehead atoms. The highest BCUT2D eigenvalue weighted by Crippen LogP contribution is 2.30. The van der Waals surface area contributed by atoms with Gasteiger partial charge in [-0.15, -0.1) is 0 Å². The fourth-order valence-corrected chi connectivity index (χ4v) is 4.61. The Bertz CT molecular complexity index is 706.